The van der Waals surface area contributed by atoms with E-state index in [1.807, 2.05) is 0 Å². The fourth-order valence-electron chi connectivity index (χ4n) is 8.18. The molecular formula is C55H89F6N9O24. The highest BCUT2D eigenvalue weighted by Gasteiger charge is 2.41. The number of halogens is 6. The van der Waals surface area contributed by atoms with Gasteiger partial charge in [-0.05, 0) is 0 Å². The van der Waals surface area contributed by atoms with E-state index in [1.165, 1.54) is 0 Å². The summed E-state index contributed by atoms with van der Waals surface area (Å²) in [6, 6.07) is -2.56. The number of aliphatic carboxylic acids is 1. The van der Waals surface area contributed by atoms with Crippen LogP contribution in [0.15, 0.2) is 24.8 Å². The van der Waals surface area contributed by atoms with Gasteiger partial charge in [-0.15, -0.1) is 0 Å². The minimum atomic E-state index is -4.71. The second-order valence-corrected chi connectivity index (χ2v) is 20.5. The summed E-state index contributed by atoms with van der Waals surface area (Å²) in [5.74, 6) is -2.36. The highest BCUT2D eigenvalue weighted by Crippen LogP contribution is 2.29. The summed E-state index contributed by atoms with van der Waals surface area (Å²) >= 11 is 0. The molecule has 2 saturated heterocycles. The van der Waals surface area contributed by atoms with Crippen LogP contribution in [0.1, 0.15) is 24.2 Å². The van der Waals surface area contributed by atoms with Gasteiger partial charge in [-0.25, -0.2) is 14.8 Å². The molecule has 2 unspecified atom stereocenters. The Morgan fingerprint density at radius 3 is 1.35 bits per heavy atom. The van der Waals surface area contributed by atoms with E-state index in [-0.39, 0.29) is 215 Å². The average molecular weight is 1370 g/mol. The van der Waals surface area contributed by atoms with Gasteiger partial charge in [0.1, 0.15) is 67.7 Å². The molecule has 39 heteroatoms. The maximum absolute atomic E-state index is 13.0. The summed E-state index contributed by atoms with van der Waals surface area (Å²) < 4.78 is 160. The van der Waals surface area contributed by atoms with Crippen molar-refractivity contribution in [2.45, 2.75) is 86.2 Å². The maximum Gasteiger partial charge on any atom is 0.434 e. The Labute approximate surface area is 537 Å². The molecule has 11 N–H and O–H groups in total. The van der Waals surface area contributed by atoms with Gasteiger partial charge in [0, 0.05) is 25.9 Å². The number of alkyl halides is 6. The molecule has 2 aromatic rings. The third-order valence-corrected chi connectivity index (χ3v) is 13.0. The highest BCUT2D eigenvalue weighted by atomic mass is 19.4. The third-order valence-electron chi connectivity index (χ3n) is 13.0. The van der Waals surface area contributed by atoms with Crippen molar-refractivity contribution in [3.8, 4) is 0 Å². The van der Waals surface area contributed by atoms with Crippen LogP contribution in [0.4, 0.5) is 38.0 Å². The van der Waals surface area contributed by atoms with Crippen LogP contribution in [-0.2, 0) is 97.8 Å². The molecule has 94 heavy (non-hydrogen) atoms. The van der Waals surface area contributed by atoms with Crippen LogP contribution in [0.2, 0.25) is 0 Å². The standard InChI is InChI=1S/C55H89F6N9O24/c56-54(57,58)42-25-62-27-44(69-42)67-38-31-93-40(52(78)50(38)76)33-89-21-17-84-15-13-82-11-9-80-7-3-64-46(71)1-5-87-29-37(66-48(73)35-91-23-19-86-20-24-92-36-49(74)75)30-88-6-2-47(72)65-4-8-81-10-12-83-14-16-85-18-22-90-34-41-53(79)51(77)39(32-94-41)68-45-28-63-26-43(70-45)55(59,60)61/h25-28,37-41,46,50-53,64,71,76-79H,1-24,29-36H2,(H,65,72)(H,66,73)(H,67,69)(H,68,70)(H,74,75)/t37?,38-,39-,40+,41+,46?,50+,51+,52-,53-/m0/s1. The molecule has 2 aromatic heterocycles. The zero-order chi connectivity index (χ0) is 68.2. The van der Waals surface area contributed by atoms with Crippen LogP contribution < -0.4 is 26.6 Å². The summed E-state index contributed by atoms with van der Waals surface area (Å²) in [5.41, 5.74) is -2.43. The Morgan fingerprint density at radius 1 is 0.500 bits per heavy atom. The largest absolute Gasteiger partial charge is 0.480 e. The van der Waals surface area contributed by atoms with Gasteiger partial charge < -0.3 is 123 Å². The number of aliphatic hydroxyl groups excluding tert-OH is 5. The molecule has 0 aliphatic carbocycles. The molecule has 540 valence electrons. The fourth-order valence-corrected chi connectivity index (χ4v) is 8.18. The number of nitrogens with one attached hydrogen (secondary N) is 5. The predicted molar refractivity (Wildman–Crippen MR) is 309 cm³/mol. The molecule has 0 aromatic carbocycles. The van der Waals surface area contributed by atoms with Crippen molar-refractivity contribution >= 4 is 29.4 Å². The van der Waals surface area contributed by atoms with E-state index in [4.69, 9.17) is 76.2 Å². The number of hydrogen-bond donors (Lipinski definition) is 11. The van der Waals surface area contributed by atoms with E-state index in [0.29, 0.717) is 18.9 Å². The Balaban J connectivity index is 0.954. The lowest BCUT2D eigenvalue weighted by atomic mass is 9.98. The lowest BCUT2D eigenvalue weighted by Crippen LogP contribution is -2.57. The summed E-state index contributed by atoms with van der Waals surface area (Å²) in [5, 5.41) is 74.6. The number of nitrogens with zero attached hydrogens (tertiary/aromatic N) is 4. The lowest BCUT2D eigenvalue weighted by molar-refractivity contribution is -0.161. The molecule has 4 rings (SSSR count). The van der Waals surface area contributed by atoms with Gasteiger partial charge in [-0.1, -0.05) is 0 Å². The highest BCUT2D eigenvalue weighted by molar-refractivity contribution is 5.77. The van der Waals surface area contributed by atoms with Crippen molar-refractivity contribution in [1.29, 1.82) is 0 Å². The van der Waals surface area contributed by atoms with Crippen LogP contribution in [0.3, 0.4) is 0 Å². The van der Waals surface area contributed by atoms with Gasteiger partial charge in [0.05, 0.1) is 215 Å². The SMILES string of the molecule is O=C(O)COCCOCCOCC(=O)NC(COCCC(=O)NCCOCCOCCOCCOC[C@H]1OC[C@H](Nc2cncc(C(F)(F)F)n2)[C@@H](O)[C@H]1O)COCCC(O)NCCOCCOCCOCCOC[C@H]1OC[C@H](Nc2cncc(C(F)(F)F)n2)[C@@H](O)[C@H]1O. The molecule has 0 radical (unpaired) electrons. The molecule has 2 amide bonds. The van der Waals surface area contributed by atoms with Gasteiger partial charge in [0.2, 0.25) is 11.8 Å². The molecule has 0 saturated carbocycles. The monoisotopic (exact) mass is 1370 g/mol. The van der Waals surface area contributed by atoms with E-state index in [2.05, 4.69) is 46.5 Å². The molecule has 4 heterocycles. The number of carbonyl (C=O) groups excluding carboxylic acids is 2. The normalized spacial score (nSPS) is 20.8. The van der Waals surface area contributed by atoms with E-state index in [9.17, 15) is 66.3 Å². The van der Waals surface area contributed by atoms with E-state index < -0.39 is 103 Å². The van der Waals surface area contributed by atoms with Gasteiger partial charge in [-0.2, -0.15) is 26.3 Å². The number of carbonyl (C=O) groups is 3. The Kier molecular flexibility index (Phi) is 41.3. The minimum absolute atomic E-state index is 0.00369. The van der Waals surface area contributed by atoms with Gasteiger partial charge in [-0.3, -0.25) is 24.9 Å². The van der Waals surface area contributed by atoms with Crippen molar-refractivity contribution in [2.24, 2.45) is 0 Å². The van der Waals surface area contributed by atoms with Gasteiger partial charge in [0.15, 0.2) is 11.4 Å². The molecule has 33 nitrogen and oxygen atoms in total. The quantitative estimate of drug-likeness (QED) is 0.0184. The van der Waals surface area contributed by atoms with Crippen LogP contribution in [0, 0.1) is 0 Å². The molecule has 2 fully saturated rings. The average Bonchev–Trinajstić information content (AvgIpc) is 1.25. The molecule has 2 aliphatic heterocycles. The molecular weight excluding hydrogens is 1280 g/mol. The fraction of sp³-hybridized carbons (Fsp3) is 0.800. The Bertz CT molecular complexity index is 2350. The number of anilines is 2. The van der Waals surface area contributed by atoms with E-state index in [0.717, 1.165) is 12.4 Å². The topological polar surface area (TPSA) is 423 Å². The maximum atomic E-state index is 13.0. The second kappa shape index (κ2) is 47.8. The number of amides is 2. The van der Waals surface area contributed by atoms with Crippen molar-refractivity contribution in [3.63, 3.8) is 0 Å². The zero-order valence-corrected chi connectivity index (χ0v) is 51.8. The summed E-state index contributed by atoms with van der Waals surface area (Å²) in [6.45, 7) is 3.05. The first-order valence-electron chi connectivity index (χ1n) is 30.2. The number of carboxylic acids is 1. The molecule has 0 bridgehead atoms. The van der Waals surface area contributed by atoms with Gasteiger partial charge >= 0.3 is 18.3 Å². The summed E-state index contributed by atoms with van der Waals surface area (Å²) in [6.07, 6.45) is -14.3. The molecule has 2 aliphatic rings. The van der Waals surface area contributed by atoms with E-state index >= 15 is 0 Å². The zero-order valence-electron chi connectivity index (χ0n) is 51.8. The number of hydrogen-bond acceptors (Lipinski definition) is 30. The number of carboxylic acid groups (broad SMARTS) is 1. The first-order valence-corrected chi connectivity index (χ1v) is 30.2. The molecule has 0 spiro atoms. The Hall–Kier alpha value is -5.09. The van der Waals surface area contributed by atoms with Gasteiger partial charge in [0.25, 0.3) is 0 Å². The number of rotatable bonds is 54. The first-order chi connectivity index (χ1) is 45.2. The van der Waals surface area contributed by atoms with Crippen LogP contribution in [-0.4, -0.2) is 327 Å². The van der Waals surface area contributed by atoms with Crippen LogP contribution >= 0.6 is 0 Å². The second-order valence-electron chi connectivity index (χ2n) is 20.5. The summed E-state index contributed by atoms with van der Waals surface area (Å²) in [7, 11) is 0. The smallest absolute Gasteiger partial charge is 0.434 e. The van der Waals surface area contributed by atoms with Crippen molar-refractivity contribution in [1.82, 2.24) is 35.9 Å². The minimum Gasteiger partial charge on any atom is -0.480 e. The lowest BCUT2D eigenvalue weighted by Gasteiger charge is -2.38. The van der Waals surface area contributed by atoms with Crippen LogP contribution in [0.25, 0.3) is 0 Å². The van der Waals surface area contributed by atoms with Crippen molar-refractivity contribution in [3.05, 3.63) is 36.2 Å². The van der Waals surface area contributed by atoms with Crippen molar-refractivity contribution in [2.75, 3.05) is 209 Å². The predicted octanol–water partition coefficient (Wildman–Crippen LogP) is -2.60. The molecule has 10 atom stereocenters. The van der Waals surface area contributed by atoms with Crippen LogP contribution in [0.5, 0.6) is 0 Å². The number of aliphatic hydroxyl groups is 5. The number of ether oxygens (including phenoxy) is 15. The summed E-state index contributed by atoms with van der Waals surface area (Å²) in [4.78, 5) is 49.6. The van der Waals surface area contributed by atoms with Crippen molar-refractivity contribution < 1.29 is 142 Å². The Morgan fingerprint density at radius 2 is 0.904 bits per heavy atom. The number of aromatic nitrogens is 4. The third kappa shape index (κ3) is 36.3. The first kappa shape index (κ1) is 81.3. The van der Waals surface area contributed by atoms with E-state index in [1.54, 1.807) is 0 Å².